The highest BCUT2D eigenvalue weighted by Crippen LogP contribution is 2.17. The minimum atomic E-state index is -0.765. The van der Waals surface area contributed by atoms with Crippen molar-refractivity contribution in [1.29, 1.82) is 0 Å². The maximum atomic E-state index is 12.1. The second-order valence-corrected chi connectivity index (χ2v) is 7.63. The van der Waals surface area contributed by atoms with Crippen molar-refractivity contribution in [3.63, 3.8) is 0 Å². The average Bonchev–Trinajstić information content (AvgIpc) is 2.76. The number of carbonyl (C=O) groups is 2. The summed E-state index contributed by atoms with van der Waals surface area (Å²) in [4.78, 5) is 24.2. The molecule has 0 bridgehead atoms. The summed E-state index contributed by atoms with van der Waals surface area (Å²) in [5, 5.41) is 26.2. The fraction of sp³-hybridized carbons (Fsp3) is 0.417. The lowest BCUT2D eigenvalue weighted by atomic mass is 10.0. The summed E-state index contributed by atoms with van der Waals surface area (Å²) in [6.07, 6.45) is 0.200. The molecule has 0 saturated heterocycles. The smallest absolute Gasteiger partial charge is 0.220 e. The summed E-state index contributed by atoms with van der Waals surface area (Å²) in [5.41, 5.74) is 1.52. The van der Waals surface area contributed by atoms with Crippen LogP contribution in [0.1, 0.15) is 62.9 Å². The molecular formula is C24H32N2O4. The fourth-order valence-corrected chi connectivity index (χ4v) is 3.26. The molecule has 4 N–H and O–H groups in total. The van der Waals surface area contributed by atoms with Crippen molar-refractivity contribution in [3.8, 4) is 0 Å². The Bertz CT molecular complexity index is 715. The predicted octanol–water partition coefficient (Wildman–Crippen LogP) is 3.02. The minimum absolute atomic E-state index is 0.147. The fourth-order valence-electron chi connectivity index (χ4n) is 3.26. The number of unbranched alkanes of at least 4 members (excludes halogenated alkanes) is 1. The van der Waals surface area contributed by atoms with E-state index in [0.29, 0.717) is 25.7 Å². The van der Waals surface area contributed by atoms with Crippen LogP contribution in [0.4, 0.5) is 0 Å². The number of amides is 2. The van der Waals surface area contributed by atoms with Gasteiger partial charge in [-0.3, -0.25) is 9.59 Å². The number of hydrogen-bond donors (Lipinski definition) is 4. The molecule has 2 aromatic rings. The zero-order valence-corrected chi connectivity index (χ0v) is 17.6. The van der Waals surface area contributed by atoms with Crippen molar-refractivity contribution in [2.45, 2.75) is 63.8 Å². The molecule has 0 fully saturated rings. The van der Waals surface area contributed by atoms with E-state index in [0.717, 1.165) is 11.1 Å². The van der Waals surface area contributed by atoms with E-state index in [9.17, 15) is 19.8 Å². The first-order valence-electron chi connectivity index (χ1n) is 10.4. The Labute approximate surface area is 178 Å². The van der Waals surface area contributed by atoms with Crippen LogP contribution in [0.3, 0.4) is 0 Å². The van der Waals surface area contributed by atoms with Crippen LogP contribution < -0.4 is 10.6 Å². The Morgan fingerprint density at radius 3 is 1.37 bits per heavy atom. The summed E-state index contributed by atoms with van der Waals surface area (Å²) in [7, 11) is 0. The number of rotatable bonds is 11. The minimum Gasteiger partial charge on any atom is -0.386 e. The first-order chi connectivity index (χ1) is 14.4. The first-order valence-corrected chi connectivity index (χ1v) is 10.4. The number of aliphatic hydroxyl groups excluding tert-OH is 2. The molecule has 6 heteroatoms. The van der Waals surface area contributed by atoms with E-state index in [4.69, 9.17) is 0 Å². The third-order valence-corrected chi connectivity index (χ3v) is 5.06. The van der Waals surface area contributed by atoms with E-state index in [1.165, 1.54) is 0 Å². The van der Waals surface area contributed by atoms with Gasteiger partial charge in [0.1, 0.15) is 0 Å². The van der Waals surface area contributed by atoms with Crippen molar-refractivity contribution in [2.75, 3.05) is 0 Å². The lowest BCUT2D eigenvalue weighted by Crippen LogP contribution is -2.37. The second kappa shape index (κ2) is 12.1. The first kappa shape index (κ1) is 23.6. The van der Waals surface area contributed by atoms with Gasteiger partial charge in [0.25, 0.3) is 0 Å². The lowest BCUT2D eigenvalue weighted by Gasteiger charge is -2.21. The van der Waals surface area contributed by atoms with Gasteiger partial charge >= 0.3 is 0 Å². The van der Waals surface area contributed by atoms with Gasteiger partial charge in [0.05, 0.1) is 24.3 Å². The maximum Gasteiger partial charge on any atom is 0.220 e. The molecule has 6 nitrogen and oxygen atoms in total. The predicted molar refractivity (Wildman–Crippen MR) is 116 cm³/mol. The van der Waals surface area contributed by atoms with Gasteiger partial charge in [-0.25, -0.2) is 0 Å². The van der Waals surface area contributed by atoms with Crippen molar-refractivity contribution in [3.05, 3.63) is 71.8 Å². The second-order valence-electron chi connectivity index (χ2n) is 7.63. The zero-order chi connectivity index (χ0) is 21.9. The summed E-state index contributed by atoms with van der Waals surface area (Å²) in [5.74, 6) is -0.295. The Kier molecular flexibility index (Phi) is 9.51. The highest BCUT2D eigenvalue weighted by atomic mass is 16.3. The molecule has 0 saturated carbocycles. The molecule has 2 aromatic carbocycles. The standard InChI is InChI=1S/C24H32N2O4/c1-17(23(29)19-11-5-3-6-12-19)25-21(27)15-9-10-16-22(28)26-18(2)24(30)20-13-7-4-8-14-20/h3-8,11-14,17-18,23-24,29-30H,9-10,15-16H2,1-2H3,(H,25,27)(H,26,28)/t17-,18-,23-,24+/m0/s1. The van der Waals surface area contributed by atoms with Crippen LogP contribution in [0.15, 0.2) is 60.7 Å². The van der Waals surface area contributed by atoms with Crippen molar-refractivity contribution < 1.29 is 19.8 Å². The van der Waals surface area contributed by atoms with E-state index in [-0.39, 0.29) is 11.8 Å². The van der Waals surface area contributed by atoms with Crippen molar-refractivity contribution in [1.82, 2.24) is 10.6 Å². The van der Waals surface area contributed by atoms with Gasteiger partial charge in [-0.1, -0.05) is 60.7 Å². The third-order valence-electron chi connectivity index (χ3n) is 5.06. The van der Waals surface area contributed by atoms with Gasteiger partial charge in [-0.05, 0) is 37.8 Å². The van der Waals surface area contributed by atoms with E-state index in [2.05, 4.69) is 10.6 Å². The van der Waals surface area contributed by atoms with Gasteiger partial charge < -0.3 is 20.8 Å². The molecule has 4 atom stereocenters. The third kappa shape index (κ3) is 7.61. The topological polar surface area (TPSA) is 98.7 Å². The molecule has 162 valence electrons. The van der Waals surface area contributed by atoms with E-state index < -0.39 is 24.3 Å². The molecule has 0 heterocycles. The quantitative estimate of drug-likeness (QED) is 0.426. The van der Waals surface area contributed by atoms with E-state index in [1.54, 1.807) is 13.8 Å². The van der Waals surface area contributed by atoms with Gasteiger partial charge in [0.15, 0.2) is 0 Å². The van der Waals surface area contributed by atoms with Crippen molar-refractivity contribution >= 4 is 11.8 Å². The molecular weight excluding hydrogens is 380 g/mol. The SMILES string of the molecule is C[C@H](NC(=O)CCCCC(=O)N[C@@H](C)[C@@H](O)c1ccccc1)[C@H](O)c1ccccc1. The Morgan fingerprint density at radius 1 is 0.700 bits per heavy atom. The summed E-state index contributed by atoms with van der Waals surface area (Å²) >= 11 is 0. The van der Waals surface area contributed by atoms with Crippen LogP contribution in [-0.2, 0) is 9.59 Å². The average molecular weight is 413 g/mol. The van der Waals surface area contributed by atoms with E-state index in [1.807, 2.05) is 60.7 Å². The molecule has 0 spiro atoms. The van der Waals surface area contributed by atoms with Crippen molar-refractivity contribution in [2.24, 2.45) is 0 Å². The number of carbonyl (C=O) groups excluding carboxylic acids is 2. The lowest BCUT2D eigenvalue weighted by molar-refractivity contribution is -0.124. The van der Waals surface area contributed by atoms with Crippen LogP contribution in [-0.4, -0.2) is 34.1 Å². The van der Waals surface area contributed by atoms with Gasteiger partial charge in [-0.2, -0.15) is 0 Å². The largest absolute Gasteiger partial charge is 0.386 e. The molecule has 30 heavy (non-hydrogen) atoms. The summed E-state index contributed by atoms with van der Waals surface area (Å²) < 4.78 is 0. The number of hydrogen-bond acceptors (Lipinski definition) is 4. The van der Waals surface area contributed by atoms with Crippen LogP contribution >= 0.6 is 0 Å². The normalized spacial score (nSPS) is 14.9. The highest BCUT2D eigenvalue weighted by Gasteiger charge is 2.19. The van der Waals surface area contributed by atoms with Crippen LogP contribution in [0.25, 0.3) is 0 Å². The maximum absolute atomic E-state index is 12.1. The van der Waals surface area contributed by atoms with E-state index >= 15 is 0 Å². The zero-order valence-electron chi connectivity index (χ0n) is 17.6. The Hall–Kier alpha value is -2.70. The highest BCUT2D eigenvalue weighted by molar-refractivity contribution is 5.77. The van der Waals surface area contributed by atoms with Crippen LogP contribution in [0.5, 0.6) is 0 Å². The van der Waals surface area contributed by atoms with Crippen LogP contribution in [0, 0.1) is 0 Å². The monoisotopic (exact) mass is 412 g/mol. The van der Waals surface area contributed by atoms with Gasteiger partial charge in [0.2, 0.25) is 11.8 Å². The van der Waals surface area contributed by atoms with Crippen LogP contribution in [0.2, 0.25) is 0 Å². The number of aliphatic hydroxyl groups is 2. The Morgan fingerprint density at radius 2 is 1.03 bits per heavy atom. The summed E-state index contributed by atoms with van der Waals surface area (Å²) in [6.45, 7) is 3.53. The Balaban J connectivity index is 1.64. The number of benzene rings is 2. The molecule has 0 unspecified atom stereocenters. The number of nitrogens with one attached hydrogen (secondary N) is 2. The molecule has 2 amide bonds. The van der Waals surface area contributed by atoms with Gasteiger partial charge in [-0.15, -0.1) is 0 Å². The molecule has 0 aromatic heterocycles. The molecule has 0 radical (unpaired) electrons. The van der Waals surface area contributed by atoms with Gasteiger partial charge in [0, 0.05) is 12.8 Å². The molecule has 0 aliphatic heterocycles. The molecule has 0 aliphatic carbocycles. The molecule has 2 rings (SSSR count). The molecule has 0 aliphatic rings. The summed E-state index contributed by atoms with van der Waals surface area (Å²) in [6, 6.07) is 17.6.